The van der Waals surface area contributed by atoms with Crippen molar-refractivity contribution in [1.82, 2.24) is 0 Å². The summed E-state index contributed by atoms with van der Waals surface area (Å²) in [6.45, 7) is 2.20. The topological polar surface area (TPSA) is 23.8 Å². The zero-order valence-electron chi connectivity index (χ0n) is 11.2. The van der Waals surface area contributed by atoms with Gasteiger partial charge in [0.15, 0.2) is 0 Å². The van der Waals surface area contributed by atoms with Crippen LogP contribution in [0, 0.1) is 17.2 Å². The van der Waals surface area contributed by atoms with Crippen LogP contribution in [0.15, 0.2) is 23.1 Å². The zero-order chi connectivity index (χ0) is 14.8. The summed E-state index contributed by atoms with van der Waals surface area (Å²) in [7, 11) is 0. The average Bonchev–Trinajstić information content (AvgIpc) is 2.40. The number of halogens is 3. The summed E-state index contributed by atoms with van der Waals surface area (Å²) in [5.41, 5.74) is -0.343. The average molecular weight is 299 g/mol. The van der Waals surface area contributed by atoms with E-state index in [1.54, 1.807) is 0 Å². The predicted molar refractivity (Wildman–Crippen MR) is 73.4 cm³/mol. The number of rotatable bonds is 2. The van der Waals surface area contributed by atoms with E-state index < -0.39 is 11.7 Å². The van der Waals surface area contributed by atoms with Gasteiger partial charge in [0.25, 0.3) is 0 Å². The third kappa shape index (κ3) is 3.69. The highest BCUT2D eigenvalue weighted by Gasteiger charge is 2.31. The maximum Gasteiger partial charge on any atom is 0.416 e. The van der Waals surface area contributed by atoms with Gasteiger partial charge in [0.2, 0.25) is 0 Å². The number of nitrogens with zero attached hydrogens (tertiary/aromatic N) is 1. The molecule has 0 saturated heterocycles. The zero-order valence-corrected chi connectivity index (χ0v) is 12.0. The lowest BCUT2D eigenvalue weighted by Crippen LogP contribution is -2.14. The van der Waals surface area contributed by atoms with Crippen LogP contribution in [0.1, 0.15) is 43.7 Å². The molecule has 0 N–H and O–H groups in total. The molecular formula is C15H16F3NS. The molecule has 1 saturated carbocycles. The summed E-state index contributed by atoms with van der Waals surface area (Å²) in [5, 5.41) is 9.36. The highest BCUT2D eigenvalue weighted by molar-refractivity contribution is 8.00. The molecule has 0 radical (unpaired) electrons. The van der Waals surface area contributed by atoms with Gasteiger partial charge in [-0.15, -0.1) is 11.8 Å². The molecule has 0 unspecified atom stereocenters. The predicted octanol–water partition coefficient (Wildman–Crippen LogP) is 5.25. The maximum absolute atomic E-state index is 12.7. The van der Waals surface area contributed by atoms with Gasteiger partial charge in [-0.25, -0.2) is 0 Å². The number of hydrogen-bond donors (Lipinski definition) is 0. The van der Waals surface area contributed by atoms with Gasteiger partial charge < -0.3 is 0 Å². The maximum atomic E-state index is 12.7. The van der Waals surface area contributed by atoms with Gasteiger partial charge in [0, 0.05) is 10.1 Å². The Bertz CT molecular complexity index is 511. The molecule has 1 aliphatic carbocycles. The highest BCUT2D eigenvalue weighted by Crippen LogP contribution is 2.39. The standard InChI is InChI=1S/C15H16F3NS/c1-10-2-6-13(7-3-10)20-14-8-12(15(16,17)18)5-4-11(14)9-19/h4-5,8,10,13H,2-3,6-7H2,1H3. The molecule has 0 bridgehead atoms. The first-order valence-corrected chi connectivity index (χ1v) is 7.56. The van der Waals surface area contributed by atoms with Gasteiger partial charge in [-0.05, 0) is 49.8 Å². The fraction of sp³-hybridized carbons (Fsp3) is 0.533. The Morgan fingerprint density at radius 1 is 1.20 bits per heavy atom. The van der Waals surface area contributed by atoms with E-state index in [2.05, 4.69) is 6.92 Å². The molecule has 0 amide bonds. The van der Waals surface area contributed by atoms with Crippen molar-refractivity contribution in [2.75, 3.05) is 0 Å². The SMILES string of the molecule is CC1CCC(Sc2cc(C(F)(F)F)ccc2C#N)CC1. The van der Waals surface area contributed by atoms with Crippen molar-refractivity contribution in [2.24, 2.45) is 5.92 Å². The van der Waals surface area contributed by atoms with Crippen molar-refractivity contribution in [3.05, 3.63) is 29.3 Å². The second-order valence-electron chi connectivity index (χ2n) is 5.32. The van der Waals surface area contributed by atoms with Gasteiger partial charge in [-0.1, -0.05) is 6.92 Å². The normalized spacial score (nSPS) is 23.4. The molecule has 1 nitrogen and oxygen atoms in total. The number of thioether (sulfide) groups is 1. The first-order valence-electron chi connectivity index (χ1n) is 6.68. The fourth-order valence-corrected chi connectivity index (χ4v) is 3.72. The van der Waals surface area contributed by atoms with E-state index in [1.807, 2.05) is 6.07 Å². The third-order valence-corrected chi connectivity index (χ3v) is 5.08. The molecule has 1 aromatic rings. The van der Waals surface area contributed by atoms with Crippen molar-refractivity contribution in [1.29, 1.82) is 5.26 Å². The molecule has 0 atom stereocenters. The van der Waals surface area contributed by atoms with E-state index in [-0.39, 0.29) is 0 Å². The van der Waals surface area contributed by atoms with Crippen LogP contribution in [-0.2, 0) is 6.18 Å². The summed E-state index contributed by atoms with van der Waals surface area (Å²) in [6, 6.07) is 5.35. The third-order valence-electron chi connectivity index (χ3n) is 3.69. The van der Waals surface area contributed by atoms with Crippen LogP contribution in [0.25, 0.3) is 0 Å². The largest absolute Gasteiger partial charge is 0.416 e. The Labute approximate surface area is 121 Å². The minimum absolute atomic E-state index is 0.321. The summed E-state index contributed by atoms with van der Waals surface area (Å²) in [6.07, 6.45) is -0.124. The second-order valence-corrected chi connectivity index (χ2v) is 6.66. The smallest absolute Gasteiger partial charge is 0.192 e. The van der Waals surface area contributed by atoms with E-state index in [4.69, 9.17) is 5.26 Å². The van der Waals surface area contributed by atoms with Crippen LogP contribution in [0.5, 0.6) is 0 Å². The summed E-state index contributed by atoms with van der Waals surface area (Å²) in [4.78, 5) is 0.460. The van der Waals surface area contributed by atoms with E-state index in [0.717, 1.165) is 37.8 Å². The molecule has 0 aromatic heterocycles. The van der Waals surface area contributed by atoms with E-state index in [9.17, 15) is 13.2 Å². The van der Waals surface area contributed by atoms with Gasteiger partial charge in [0.1, 0.15) is 6.07 Å². The number of nitriles is 1. The molecule has 1 aromatic carbocycles. The van der Waals surface area contributed by atoms with Crippen molar-refractivity contribution >= 4 is 11.8 Å². The molecular weight excluding hydrogens is 283 g/mol. The molecule has 108 valence electrons. The van der Waals surface area contributed by atoms with Crippen LogP contribution in [-0.4, -0.2) is 5.25 Å². The quantitative estimate of drug-likeness (QED) is 0.745. The minimum atomic E-state index is -4.36. The lowest BCUT2D eigenvalue weighted by molar-refractivity contribution is -0.137. The molecule has 5 heteroatoms. The molecule has 0 heterocycles. The van der Waals surface area contributed by atoms with Crippen LogP contribution in [0.4, 0.5) is 13.2 Å². The number of hydrogen-bond acceptors (Lipinski definition) is 2. The monoisotopic (exact) mass is 299 g/mol. The molecule has 2 rings (SSSR count). The summed E-state index contributed by atoms with van der Waals surface area (Å²) >= 11 is 1.43. The lowest BCUT2D eigenvalue weighted by atomic mass is 9.91. The van der Waals surface area contributed by atoms with Crippen molar-refractivity contribution in [3.8, 4) is 6.07 Å². The van der Waals surface area contributed by atoms with Crippen molar-refractivity contribution < 1.29 is 13.2 Å². The lowest BCUT2D eigenvalue weighted by Gasteiger charge is -2.26. The van der Waals surface area contributed by atoms with Crippen LogP contribution < -0.4 is 0 Å². The van der Waals surface area contributed by atoms with Crippen molar-refractivity contribution in [3.63, 3.8) is 0 Å². The molecule has 1 fully saturated rings. The Balaban J connectivity index is 2.19. The Morgan fingerprint density at radius 3 is 2.40 bits per heavy atom. The van der Waals surface area contributed by atoms with E-state index >= 15 is 0 Å². The number of alkyl halides is 3. The first kappa shape index (κ1) is 15.2. The van der Waals surface area contributed by atoms with E-state index in [1.165, 1.54) is 17.8 Å². The van der Waals surface area contributed by atoms with Gasteiger partial charge >= 0.3 is 6.18 Å². The molecule has 0 spiro atoms. The highest BCUT2D eigenvalue weighted by atomic mass is 32.2. The van der Waals surface area contributed by atoms with Crippen LogP contribution >= 0.6 is 11.8 Å². The summed E-state index contributed by atoms with van der Waals surface area (Å²) < 4.78 is 38.2. The van der Waals surface area contributed by atoms with Gasteiger partial charge in [0.05, 0.1) is 11.1 Å². The first-order chi connectivity index (χ1) is 9.40. The van der Waals surface area contributed by atoms with Crippen LogP contribution in [0.2, 0.25) is 0 Å². The Morgan fingerprint density at radius 2 is 1.85 bits per heavy atom. The Kier molecular flexibility index (Phi) is 4.64. The molecule has 20 heavy (non-hydrogen) atoms. The molecule has 1 aliphatic rings. The van der Waals surface area contributed by atoms with Gasteiger partial charge in [-0.3, -0.25) is 0 Å². The second kappa shape index (κ2) is 6.09. The van der Waals surface area contributed by atoms with Gasteiger partial charge in [-0.2, -0.15) is 18.4 Å². The molecule has 0 aliphatic heterocycles. The number of benzene rings is 1. The van der Waals surface area contributed by atoms with Crippen LogP contribution in [0.3, 0.4) is 0 Å². The summed E-state index contributed by atoms with van der Waals surface area (Å²) in [5.74, 6) is 0.698. The van der Waals surface area contributed by atoms with Crippen molar-refractivity contribution in [2.45, 2.75) is 48.9 Å². The Hall–Kier alpha value is -1.15. The fourth-order valence-electron chi connectivity index (χ4n) is 2.42. The minimum Gasteiger partial charge on any atom is -0.192 e. The van der Waals surface area contributed by atoms with E-state index in [0.29, 0.717) is 21.6 Å².